The van der Waals surface area contributed by atoms with Crippen molar-refractivity contribution in [3.05, 3.63) is 23.9 Å². The average Bonchev–Trinajstić information content (AvgIpc) is 2.73. The SMILES string of the molecule is Cc1ccc(NC2CCN(CCC(O[Si](C)C)(C3CCCCC3)C(C)(C)C)CC2)nc1. The predicted octanol–water partition coefficient (Wildman–Crippen LogP) is 6.29. The lowest BCUT2D eigenvalue weighted by atomic mass is 9.63. The monoisotopic (exact) mass is 444 g/mol. The molecule has 0 bridgehead atoms. The number of rotatable bonds is 8. The van der Waals surface area contributed by atoms with Crippen LogP contribution < -0.4 is 5.32 Å². The summed E-state index contributed by atoms with van der Waals surface area (Å²) in [6, 6.07) is 4.78. The molecular formula is C26H46N3OSi. The molecule has 1 N–H and O–H groups in total. The Hall–Kier alpha value is -0.913. The Kier molecular flexibility index (Phi) is 8.62. The van der Waals surface area contributed by atoms with Crippen molar-refractivity contribution in [2.24, 2.45) is 11.3 Å². The van der Waals surface area contributed by atoms with Gasteiger partial charge in [0.25, 0.3) is 0 Å². The van der Waals surface area contributed by atoms with Crippen LogP contribution in [-0.2, 0) is 4.43 Å². The zero-order chi connectivity index (χ0) is 22.5. The van der Waals surface area contributed by atoms with Crippen LogP contribution in [0.4, 0.5) is 5.82 Å². The van der Waals surface area contributed by atoms with Crippen LogP contribution in [-0.4, -0.2) is 50.2 Å². The van der Waals surface area contributed by atoms with Gasteiger partial charge in [-0.05, 0) is 75.1 Å². The summed E-state index contributed by atoms with van der Waals surface area (Å²) in [7, 11) is -0.755. The van der Waals surface area contributed by atoms with Crippen molar-refractivity contribution in [1.82, 2.24) is 9.88 Å². The Morgan fingerprint density at radius 1 is 1.06 bits per heavy atom. The average molecular weight is 445 g/mol. The van der Waals surface area contributed by atoms with Crippen molar-refractivity contribution >= 4 is 14.9 Å². The molecule has 175 valence electrons. The maximum Gasteiger partial charge on any atom is 0.205 e. The number of piperidine rings is 1. The van der Waals surface area contributed by atoms with E-state index < -0.39 is 9.04 Å². The predicted molar refractivity (Wildman–Crippen MR) is 134 cm³/mol. The maximum atomic E-state index is 7.00. The van der Waals surface area contributed by atoms with E-state index in [4.69, 9.17) is 4.43 Å². The molecule has 1 aromatic rings. The minimum absolute atomic E-state index is 0.0200. The number of likely N-dealkylation sites (tertiary alicyclic amines) is 1. The molecule has 0 aromatic carbocycles. The Bertz CT molecular complexity index is 658. The molecule has 1 saturated heterocycles. The van der Waals surface area contributed by atoms with Crippen LogP contribution in [0.1, 0.15) is 77.7 Å². The molecule has 1 saturated carbocycles. The molecule has 2 fully saturated rings. The third-order valence-electron chi connectivity index (χ3n) is 7.57. The van der Waals surface area contributed by atoms with Gasteiger partial charge in [0.2, 0.25) is 9.04 Å². The normalized spacial score (nSPS) is 21.9. The highest BCUT2D eigenvalue weighted by atomic mass is 28.3. The van der Waals surface area contributed by atoms with Gasteiger partial charge < -0.3 is 14.6 Å². The van der Waals surface area contributed by atoms with Gasteiger partial charge in [-0.15, -0.1) is 0 Å². The topological polar surface area (TPSA) is 37.4 Å². The second-order valence-corrected chi connectivity index (χ2v) is 13.2. The lowest BCUT2D eigenvalue weighted by molar-refractivity contribution is -0.105. The van der Waals surface area contributed by atoms with Gasteiger partial charge in [-0.25, -0.2) is 4.98 Å². The molecule has 2 aliphatic rings. The third kappa shape index (κ3) is 6.55. The maximum absolute atomic E-state index is 7.00. The van der Waals surface area contributed by atoms with E-state index in [0.29, 0.717) is 12.0 Å². The largest absolute Gasteiger partial charge is 0.411 e. The van der Waals surface area contributed by atoms with Crippen molar-refractivity contribution in [3.8, 4) is 0 Å². The second kappa shape index (κ2) is 10.8. The second-order valence-electron chi connectivity index (χ2n) is 11.2. The summed E-state index contributed by atoms with van der Waals surface area (Å²) >= 11 is 0. The van der Waals surface area contributed by atoms with E-state index in [1.54, 1.807) is 0 Å². The minimum Gasteiger partial charge on any atom is -0.411 e. The van der Waals surface area contributed by atoms with Gasteiger partial charge in [0, 0.05) is 31.9 Å². The quantitative estimate of drug-likeness (QED) is 0.478. The molecule has 1 aromatic heterocycles. The molecule has 0 spiro atoms. The van der Waals surface area contributed by atoms with E-state index in [0.717, 1.165) is 5.82 Å². The van der Waals surface area contributed by atoms with Gasteiger partial charge in [-0.1, -0.05) is 46.1 Å². The van der Waals surface area contributed by atoms with Crippen LogP contribution in [0.25, 0.3) is 0 Å². The Balaban J connectivity index is 1.59. The van der Waals surface area contributed by atoms with Gasteiger partial charge in [-0.2, -0.15) is 0 Å². The summed E-state index contributed by atoms with van der Waals surface area (Å²) in [5, 5.41) is 3.64. The molecule has 2 heterocycles. The molecule has 1 aliphatic heterocycles. The standard InChI is InChI=1S/C26H46N3OSi/c1-21-12-13-24(27-20-21)28-23-14-17-29(18-15-23)19-16-26(25(2,3)4,30-31(5)6)22-10-8-7-9-11-22/h12-13,20,22-23H,7-11,14-19H2,1-6H3,(H,27,28). The Labute approximate surface area is 193 Å². The van der Waals surface area contributed by atoms with Gasteiger partial charge in [0.05, 0.1) is 5.60 Å². The molecular weight excluding hydrogens is 398 g/mol. The lowest BCUT2D eigenvalue weighted by Gasteiger charge is -2.53. The number of hydrogen-bond acceptors (Lipinski definition) is 4. The highest BCUT2D eigenvalue weighted by molar-refractivity contribution is 6.48. The smallest absolute Gasteiger partial charge is 0.205 e. The van der Waals surface area contributed by atoms with Crippen molar-refractivity contribution in [1.29, 1.82) is 0 Å². The van der Waals surface area contributed by atoms with Crippen LogP contribution in [0.3, 0.4) is 0 Å². The molecule has 5 heteroatoms. The van der Waals surface area contributed by atoms with Crippen molar-refractivity contribution in [2.75, 3.05) is 25.0 Å². The first-order valence-electron chi connectivity index (χ1n) is 12.6. The van der Waals surface area contributed by atoms with Crippen LogP contribution >= 0.6 is 0 Å². The molecule has 1 radical (unpaired) electrons. The van der Waals surface area contributed by atoms with E-state index >= 15 is 0 Å². The number of aromatic nitrogens is 1. The van der Waals surface area contributed by atoms with Crippen LogP contribution in [0.5, 0.6) is 0 Å². The first kappa shape index (κ1) is 24.7. The zero-order valence-corrected chi connectivity index (χ0v) is 22.0. The van der Waals surface area contributed by atoms with E-state index in [9.17, 15) is 0 Å². The lowest BCUT2D eigenvalue weighted by Crippen LogP contribution is -2.56. The number of nitrogens with one attached hydrogen (secondary N) is 1. The molecule has 1 atom stereocenters. The van der Waals surface area contributed by atoms with Gasteiger partial charge in [0.1, 0.15) is 5.82 Å². The van der Waals surface area contributed by atoms with E-state index in [1.807, 2.05) is 6.20 Å². The van der Waals surface area contributed by atoms with Crippen LogP contribution in [0.15, 0.2) is 18.3 Å². The summed E-state index contributed by atoms with van der Waals surface area (Å²) < 4.78 is 7.00. The number of pyridine rings is 1. The number of hydrogen-bond donors (Lipinski definition) is 1. The van der Waals surface area contributed by atoms with Crippen LogP contribution in [0, 0.1) is 18.3 Å². The van der Waals surface area contributed by atoms with Gasteiger partial charge in [-0.3, -0.25) is 0 Å². The molecule has 0 amide bonds. The first-order valence-corrected chi connectivity index (χ1v) is 15.0. The van der Waals surface area contributed by atoms with Gasteiger partial charge in [0.15, 0.2) is 0 Å². The van der Waals surface area contributed by atoms with Crippen molar-refractivity contribution in [3.63, 3.8) is 0 Å². The van der Waals surface area contributed by atoms with E-state index in [2.05, 4.69) is 68.1 Å². The first-order chi connectivity index (χ1) is 14.7. The zero-order valence-electron chi connectivity index (χ0n) is 21.0. The van der Waals surface area contributed by atoms with Crippen molar-refractivity contribution < 1.29 is 4.43 Å². The fraction of sp³-hybridized carbons (Fsp3) is 0.808. The number of nitrogens with zero attached hydrogens (tertiary/aromatic N) is 2. The summed E-state index contributed by atoms with van der Waals surface area (Å²) in [4.78, 5) is 7.21. The fourth-order valence-corrected chi connectivity index (χ4v) is 7.10. The summed E-state index contributed by atoms with van der Waals surface area (Å²) in [5.74, 6) is 1.73. The Morgan fingerprint density at radius 3 is 2.29 bits per heavy atom. The van der Waals surface area contributed by atoms with E-state index in [1.165, 1.54) is 76.6 Å². The number of aryl methyl sites for hydroxylation is 1. The molecule has 1 aliphatic carbocycles. The molecule has 31 heavy (non-hydrogen) atoms. The van der Waals surface area contributed by atoms with E-state index in [-0.39, 0.29) is 11.0 Å². The summed E-state index contributed by atoms with van der Waals surface area (Å²) in [5.41, 5.74) is 1.41. The van der Waals surface area contributed by atoms with Crippen molar-refractivity contribution in [2.45, 2.75) is 104 Å². The molecule has 1 unspecified atom stereocenters. The third-order valence-corrected chi connectivity index (χ3v) is 8.34. The highest BCUT2D eigenvalue weighted by Gasteiger charge is 2.49. The van der Waals surface area contributed by atoms with Crippen LogP contribution in [0.2, 0.25) is 13.1 Å². The molecule has 4 nitrogen and oxygen atoms in total. The summed E-state index contributed by atoms with van der Waals surface area (Å²) in [6.07, 6.45) is 12.4. The van der Waals surface area contributed by atoms with Gasteiger partial charge >= 0.3 is 0 Å². The number of anilines is 1. The Morgan fingerprint density at radius 2 is 1.74 bits per heavy atom. The fourth-order valence-electron chi connectivity index (χ4n) is 5.80. The minimum atomic E-state index is -0.755. The summed E-state index contributed by atoms with van der Waals surface area (Å²) in [6.45, 7) is 17.5. The highest BCUT2D eigenvalue weighted by Crippen LogP contribution is 2.48. The molecule has 3 rings (SSSR count).